The van der Waals surface area contributed by atoms with Crippen molar-refractivity contribution in [1.82, 2.24) is 10.6 Å². The molecule has 0 aromatic rings. The standard InChI is InChI=1S/C11H18N2O2S/c14-8-6-4-2-1-3-5-7-9-10(15)13-11(16)12-9/h7,14H,1-6,8H2,(H2,12,13,15,16). The number of nitrogens with one attached hydrogen (secondary N) is 2. The van der Waals surface area contributed by atoms with Crippen molar-refractivity contribution in [2.24, 2.45) is 0 Å². The number of unbranched alkanes of at least 4 members (excludes halogenated alkanes) is 5. The molecule has 0 aromatic heterocycles. The highest BCUT2D eigenvalue weighted by Gasteiger charge is 2.18. The van der Waals surface area contributed by atoms with Crippen LogP contribution in [0.4, 0.5) is 0 Å². The predicted molar refractivity (Wildman–Crippen MR) is 66.7 cm³/mol. The molecule has 90 valence electrons. The summed E-state index contributed by atoms with van der Waals surface area (Å²) in [5.41, 5.74) is 0.570. The lowest BCUT2D eigenvalue weighted by Crippen LogP contribution is -2.21. The van der Waals surface area contributed by atoms with E-state index in [4.69, 9.17) is 17.3 Å². The summed E-state index contributed by atoms with van der Waals surface area (Å²) in [5, 5.41) is 14.3. The van der Waals surface area contributed by atoms with Crippen molar-refractivity contribution >= 4 is 23.2 Å². The quantitative estimate of drug-likeness (QED) is 0.357. The number of thiocarbonyl (C=S) groups is 1. The van der Waals surface area contributed by atoms with E-state index in [1.165, 1.54) is 0 Å². The number of hydrogen-bond donors (Lipinski definition) is 3. The third kappa shape index (κ3) is 4.72. The van der Waals surface area contributed by atoms with Gasteiger partial charge in [0.05, 0.1) is 0 Å². The minimum absolute atomic E-state index is 0.134. The van der Waals surface area contributed by atoms with Gasteiger partial charge in [0.15, 0.2) is 5.11 Å². The molecule has 1 aliphatic rings. The molecule has 1 heterocycles. The van der Waals surface area contributed by atoms with Gasteiger partial charge in [-0.1, -0.05) is 25.3 Å². The maximum Gasteiger partial charge on any atom is 0.273 e. The molecule has 0 aliphatic carbocycles. The van der Waals surface area contributed by atoms with Gasteiger partial charge in [0.1, 0.15) is 5.70 Å². The maximum absolute atomic E-state index is 11.2. The summed E-state index contributed by atoms with van der Waals surface area (Å²) in [6.07, 6.45) is 8.08. The molecule has 1 amide bonds. The number of carbonyl (C=O) groups is 1. The molecule has 0 atom stereocenters. The van der Waals surface area contributed by atoms with Crippen molar-refractivity contribution in [3.05, 3.63) is 11.8 Å². The molecule has 0 bridgehead atoms. The summed E-state index contributed by atoms with van der Waals surface area (Å²) in [6, 6.07) is 0. The Bertz CT molecular complexity index is 290. The van der Waals surface area contributed by atoms with Gasteiger partial charge in [-0.2, -0.15) is 0 Å². The van der Waals surface area contributed by atoms with Gasteiger partial charge < -0.3 is 10.4 Å². The van der Waals surface area contributed by atoms with Gasteiger partial charge >= 0.3 is 0 Å². The molecule has 0 spiro atoms. The summed E-state index contributed by atoms with van der Waals surface area (Å²) < 4.78 is 0. The zero-order valence-corrected chi connectivity index (χ0v) is 10.1. The number of rotatable bonds is 7. The zero-order chi connectivity index (χ0) is 11.8. The van der Waals surface area contributed by atoms with E-state index in [1.54, 1.807) is 0 Å². The van der Waals surface area contributed by atoms with Gasteiger partial charge in [-0.25, -0.2) is 0 Å². The first-order chi connectivity index (χ1) is 7.74. The molecule has 16 heavy (non-hydrogen) atoms. The topological polar surface area (TPSA) is 61.4 Å². The number of hydrogen-bond acceptors (Lipinski definition) is 3. The van der Waals surface area contributed by atoms with Crippen LogP contribution in [0.5, 0.6) is 0 Å². The molecule has 0 aromatic carbocycles. The predicted octanol–water partition coefficient (Wildman–Crippen LogP) is 1.21. The number of aliphatic hydroxyl groups excluding tert-OH is 1. The normalized spacial score (nSPS) is 17.7. The molecule has 4 nitrogen and oxygen atoms in total. The fourth-order valence-corrected chi connectivity index (χ4v) is 1.76. The van der Waals surface area contributed by atoms with Gasteiger partial charge in [0.25, 0.3) is 5.91 Å². The van der Waals surface area contributed by atoms with E-state index in [9.17, 15) is 4.79 Å². The fourth-order valence-electron chi connectivity index (χ4n) is 1.56. The van der Waals surface area contributed by atoms with Crippen LogP contribution < -0.4 is 10.6 Å². The molecule has 1 fully saturated rings. The highest BCUT2D eigenvalue weighted by Crippen LogP contribution is 2.07. The lowest BCUT2D eigenvalue weighted by molar-refractivity contribution is -0.115. The van der Waals surface area contributed by atoms with Crippen LogP contribution >= 0.6 is 12.2 Å². The zero-order valence-electron chi connectivity index (χ0n) is 9.29. The van der Waals surface area contributed by atoms with Crippen LogP contribution in [0.25, 0.3) is 0 Å². The third-order valence-corrected chi connectivity index (χ3v) is 2.63. The Morgan fingerprint density at radius 1 is 1.12 bits per heavy atom. The number of amides is 1. The Kier molecular flexibility index (Phi) is 6.03. The van der Waals surface area contributed by atoms with Crippen LogP contribution in [0.2, 0.25) is 0 Å². The Morgan fingerprint density at radius 2 is 1.81 bits per heavy atom. The van der Waals surface area contributed by atoms with Crippen molar-refractivity contribution in [3.8, 4) is 0 Å². The largest absolute Gasteiger partial charge is 0.396 e. The SMILES string of the molecule is O=C1NC(=S)NC1=CCCCCCCCO. The Balaban J connectivity index is 2.08. The highest BCUT2D eigenvalue weighted by molar-refractivity contribution is 7.80. The van der Waals surface area contributed by atoms with E-state index in [1.807, 2.05) is 6.08 Å². The van der Waals surface area contributed by atoms with Crippen molar-refractivity contribution in [2.75, 3.05) is 6.61 Å². The molecule has 0 saturated carbocycles. The highest BCUT2D eigenvalue weighted by atomic mass is 32.1. The average molecular weight is 242 g/mol. The summed E-state index contributed by atoms with van der Waals surface area (Å²) >= 11 is 4.82. The lowest BCUT2D eigenvalue weighted by atomic mass is 10.1. The van der Waals surface area contributed by atoms with Crippen LogP contribution in [0.15, 0.2) is 11.8 Å². The van der Waals surface area contributed by atoms with Crippen LogP contribution in [-0.2, 0) is 4.79 Å². The van der Waals surface area contributed by atoms with Crippen molar-refractivity contribution in [2.45, 2.75) is 38.5 Å². The van der Waals surface area contributed by atoms with Gasteiger partial charge in [-0.05, 0) is 31.5 Å². The van der Waals surface area contributed by atoms with Crippen LogP contribution in [0.1, 0.15) is 38.5 Å². The molecular weight excluding hydrogens is 224 g/mol. The van der Waals surface area contributed by atoms with Crippen molar-refractivity contribution in [3.63, 3.8) is 0 Å². The summed E-state index contributed by atoms with van der Waals surface area (Å²) in [5.74, 6) is -0.134. The first kappa shape index (κ1) is 13.1. The molecule has 0 radical (unpaired) electrons. The Labute approximate surface area is 101 Å². The van der Waals surface area contributed by atoms with Crippen LogP contribution in [-0.4, -0.2) is 22.7 Å². The van der Waals surface area contributed by atoms with Crippen LogP contribution in [0.3, 0.4) is 0 Å². The number of carbonyl (C=O) groups excluding carboxylic acids is 1. The fraction of sp³-hybridized carbons (Fsp3) is 0.636. The third-order valence-electron chi connectivity index (χ3n) is 2.43. The van der Waals surface area contributed by atoms with E-state index in [-0.39, 0.29) is 12.5 Å². The molecule has 0 unspecified atom stereocenters. The Hall–Kier alpha value is -0.940. The molecular formula is C11H18N2O2S. The first-order valence-electron chi connectivity index (χ1n) is 5.67. The second-order valence-corrected chi connectivity index (χ2v) is 4.21. The monoisotopic (exact) mass is 242 g/mol. The first-order valence-corrected chi connectivity index (χ1v) is 6.08. The van der Waals surface area contributed by atoms with E-state index < -0.39 is 0 Å². The Morgan fingerprint density at radius 3 is 2.44 bits per heavy atom. The maximum atomic E-state index is 11.2. The minimum atomic E-state index is -0.134. The summed E-state index contributed by atoms with van der Waals surface area (Å²) in [6.45, 7) is 0.283. The number of allylic oxidation sites excluding steroid dienone is 1. The lowest BCUT2D eigenvalue weighted by Gasteiger charge is -1.98. The van der Waals surface area contributed by atoms with Gasteiger partial charge in [-0.3, -0.25) is 10.1 Å². The second kappa shape index (κ2) is 7.35. The van der Waals surface area contributed by atoms with Gasteiger partial charge in [0, 0.05) is 6.61 Å². The van der Waals surface area contributed by atoms with E-state index in [2.05, 4.69) is 10.6 Å². The van der Waals surface area contributed by atoms with Gasteiger partial charge in [-0.15, -0.1) is 0 Å². The van der Waals surface area contributed by atoms with Crippen molar-refractivity contribution < 1.29 is 9.90 Å². The van der Waals surface area contributed by atoms with E-state index in [0.29, 0.717) is 10.8 Å². The minimum Gasteiger partial charge on any atom is -0.396 e. The number of aliphatic hydroxyl groups is 1. The molecule has 3 N–H and O–H groups in total. The smallest absolute Gasteiger partial charge is 0.273 e. The van der Waals surface area contributed by atoms with E-state index >= 15 is 0 Å². The average Bonchev–Trinajstić information content (AvgIpc) is 2.56. The molecule has 1 aliphatic heterocycles. The van der Waals surface area contributed by atoms with Gasteiger partial charge in [0.2, 0.25) is 0 Å². The van der Waals surface area contributed by atoms with Crippen LogP contribution in [0, 0.1) is 0 Å². The summed E-state index contributed by atoms with van der Waals surface area (Å²) in [4.78, 5) is 11.2. The molecule has 5 heteroatoms. The van der Waals surface area contributed by atoms with Crippen molar-refractivity contribution in [1.29, 1.82) is 0 Å². The summed E-state index contributed by atoms with van der Waals surface area (Å²) in [7, 11) is 0. The van der Waals surface area contributed by atoms with E-state index in [0.717, 1.165) is 38.5 Å². The molecule has 1 rings (SSSR count). The second-order valence-electron chi connectivity index (χ2n) is 3.81. The molecule has 1 saturated heterocycles.